The summed E-state index contributed by atoms with van der Waals surface area (Å²) in [6, 6.07) is 14.2. The predicted molar refractivity (Wildman–Crippen MR) is 117 cm³/mol. The van der Waals surface area contributed by atoms with E-state index in [1.165, 1.54) is 0 Å². The highest BCUT2D eigenvalue weighted by molar-refractivity contribution is 5.89. The van der Waals surface area contributed by atoms with E-state index in [1.54, 1.807) is 31.2 Å². The maximum Gasteiger partial charge on any atom is 0.373 e. The Morgan fingerprint density at radius 2 is 1.00 bits per heavy atom. The van der Waals surface area contributed by atoms with E-state index < -0.39 is 18.2 Å². The van der Waals surface area contributed by atoms with Crippen molar-refractivity contribution in [3.8, 4) is 0 Å². The molecule has 2 aromatic rings. The number of carbonyl (C=O) groups is 2. The van der Waals surface area contributed by atoms with E-state index in [9.17, 15) is 9.59 Å². The first kappa shape index (κ1) is 24.6. The van der Waals surface area contributed by atoms with Gasteiger partial charge in [-0.05, 0) is 46.2 Å². The van der Waals surface area contributed by atoms with Crippen LogP contribution in [0.4, 0.5) is 0 Å². The van der Waals surface area contributed by atoms with Crippen molar-refractivity contribution >= 4 is 11.9 Å². The van der Waals surface area contributed by atoms with Crippen LogP contribution < -0.4 is 0 Å². The molecule has 0 fully saturated rings. The summed E-state index contributed by atoms with van der Waals surface area (Å²) in [6.45, 7) is 14.3. The Hall–Kier alpha value is -2.70. The average Bonchev–Trinajstić information content (AvgIpc) is 2.72. The lowest BCUT2D eigenvalue weighted by Gasteiger charge is -2.19. The van der Waals surface area contributed by atoms with Crippen molar-refractivity contribution in [1.82, 2.24) is 0 Å². The molecule has 0 amide bonds. The molecule has 0 heterocycles. The Morgan fingerprint density at radius 3 is 1.26 bits per heavy atom. The lowest BCUT2D eigenvalue weighted by atomic mass is 9.87. The molecule has 0 atom stereocenters. The van der Waals surface area contributed by atoms with Gasteiger partial charge in [-0.1, -0.05) is 72.7 Å². The van der Waals surface area contributed by atoms with Crippen molar-refractivity contribution in [3.63, 3.8) is 0 Å². The summed E-state index contributed by atoms with van der Waals surface area (Å²) in [5, 5.41) is 0. The molecule has 0 aliphatic rings. The van der Waals surface area contributed by atoms with Crippen LogP contribution in [0.1, 0.15) is 86.7 Å². The average molecular weight is 429 g/mol. The summed E-state index contributed by atoms with van der Waals surface area (Å²) < 4.78 is 0. The van der Waals surface area contributed by atoms with Crippen molar-refractivity contribution in [3.05, 3.63) is 70.8 Å². The molecule has 0 aromatic heterocycles. The number of benzene rings is 2. The summed E-state index contributed by atoms with van der Waals surface area (Å²) >= 11 is 0. The summed E-state index contributed by atoms with van der Waals surface area (Å²) in [5.74, 6) is -1.32. The Kier molecular flexibility index (Phi) is 7.98. The second-order valence-corrected chi connectivity index (χ2v) is 9.43. The van der Waals surface area contributed by atoms with Crippen molar-refractivity contribution in [1.29, 1.82) is 0 Å². The highest BCUT2D eigenvalue weighted by Gasteiger charge is 2.20. The molecule has 0 radical (unpaired) electrons. The SMILES string of the molecule is CCC(OOC(=O)c1ccc(C(C)(C)C)cc1)OOC(=O)c1ccc(C(C)(C)C)cc1. The van der Waals surface area contributed by atoms with Gasteiger partial charge in [-0.15, -0.1) is 9.78 Å². The summed E-state index contributed by atoms with van der Waals surface area (Å²) in [5.41, 5.74) is 2.86. The highest BCUT2D eigenvalue weighted by atomic mass is 17.3. The highest BCUT2D eigenvalue weighted by Crippen LogP contribution is 2.23. The summed E-state index contributed by atoms with van der Waals surface area (Å²) in [4.78, 5) is 44.1. The first-order chi connectivity index (χ1) is 14.4. The van der Waals surface area contributed by atoms with Crippen molar-refractivity contribution < 1.29 is 29.1 Å². The van der Waals surface area contributed by atoms with Gasteiger partial charge in [-0.3, -0.25) is 9.78 Å². The molecule has 0 saturated heterocycles. The maximum absolute atomic E-state index is 12.2. The largest absolute Gasteiger partial charge is 0.373 e. The molecule has 0 saturated carbocycles. The van der Waals surface area contributed by atoms with Gasteiger partial charge in [0.05, 0.1) is 11.1 Å². The van der Waals surface area contributed by atoms with E-state index in [2.05, 4.69) is 41.5 Å². The minimum absolute atomic E-state index is 0.0168. The van der Waals surface area contributed by atoms with Gasteiger partial charge in [0.25, 0.3) is 0 Å². The van der Waals surface area contributed by atoms with Gasteiger partial charge in [-0.2, -0.15) is 0 Å². The smallest absolute Gasteiger partial charge is 0.290 e. The van der Waals surface area contributed by atoms with Gasteiger partial charge >= 0.3 is 11.9 Å². The van der Waals surface area contributed by atoms with Crippen LogP contribution in [-0.2, 0) is 30.4 Å². The topological polar surface area (TPSA) is 71.1 Å². The van der Waals surface area contributed by atoms with Gasteiger partial charge < -0.3 is 0 Å². The second kappa shape index (κ2) is 10.1. The van der Waals surface area contributed by atoms with Crippen LogP contribution in [0.3, 0.4) is 0 Å². The van der Waals surface area contributed by atoms with E-state index in [-0.39, 0.29) is 10.8 Å². The van der Waals surface area contributed by atoms with Crippen LogP contribution in [-0.4, -0.2) is 18.2 Å². The molecule has 6 heteroatoms. The molecule has 2 aromatic carbocycles. The third kappa shape index (κ3) is 7.19. The van der Waals surface area contributed by atoms with Gasteiger partial charge in [0.2, 0.25) is 6.29 Å². The lowest BCUT2D eigenvalue weighted by molar-refractivity contribution is -0.420. The predicted octanol–water partition coefficient (Wildman–Crippen LogP) is 5.89. The molecule has 6 nitrogen and oxygen atoms in total. The molecule has 0 N–H and O–H groups in total. The summed E-state index contributed by atoms with van der Waals surface area (Å²) in [7, 11) is 0. The maximum atomic E-state index is 12.2. The second-order valence-electron chi connectivity index (χ2n) is 9.43. The molecular weight excluding hydrogens is 396 g/mol. The normalized spacial score (nSPS) is 12.0. The fourth-order valence-corrected chi connectivity index (χ4v) is 2.66. The van der Waals surface area contributed by atoms with Crippen molar-refractivity contribution in [2.24, 2.45) is 0 Å². The van der Waals surface area contributed by atoms with E-state index in [0.29, 0.717) is 17.5 Å². The number of carbonyl (C=O) groups excluding carboxylic acids is 2. The number of hydrogen-bond acceptors (Lipinski definition) is 6. The number of rotatable bonds is 7. The van der Waals surface area contributed by atoms with E-state index in [0.717, 1.165) is 11.1 Å². The fraction of sp³-hybridized carbons (Fsp3) is 0.440. The van der Waals surface area contributed by atoms with Crippen LogP contribution in [0.25, 0.3) is 0 Å². The minimum Gasteiger partial charge on any atom is -0.290 e. The Morgan fingerprint density at radius 1 is 0.677 bits per heavy atom. The van der Waals surface area contributed by atoms with Gasteiger partial charge in [0.1, 0.15) is 0 Å². The summed E-state index contributed by atoms with van der Waals surface area (Å²) in [6.07, 6.45) is -0.748. The Labute approximate surface area is 184 Å². The molecule has 0 bridgehead atoms. The molecule has 0 unspecified atom stereocenters. The zero-order valence-electron chi connectivity index (χ0n) is 19.4. The monoisotopic (exact) mass is 428 g/mol. The molecule has 31 heavy (non-hydrogen) atoms. The first-order valence-corrected chi connectivity index (χ1v) is 10.4. The van der Waals surface area contributed by atoms with Crippen LogP contribution in [0, 0.1) is 0 Å². The van der Waals surface area contributed by atoms with Crippen molar-refractivity contribution in [2.45, 2.75) is 72.0 Å². The molecular formula is C25H32O6. The Balaban J connectivity index is 1.86. The fourth-order valence-electron chi connectivity index (χ4n) is 2.66. The molecule has 0 aliphatic carbocycles. The standard InChI is InChI=1S/C25H32O6/c1-8-21(28-30-22(26)17-9-13-19(14-10-17)24(2,3)4)29-31-23(27)18-11-15-20(16-12-18)25(5,6)7/h9-16,21H,8H2,1-7H3. The Bertz CT molecular complexity index is 797. The van der Waals surface area contributed by atoms with Crippen LogP contribution in [0.15, 0.2) is 48.5 Å². The quantitative estimate of drug-likeness (QED) is 0.311. The van der Waals surface area contributed by atoms with Gasteiger partial charge in [0.15, 0.2) is 0 Å². The molecule has 168 valence electrons. The van der Waals surface area contributed by atoms with Crippen LogP contribution >= 0.6 is 0 Å². The zero-order valence-corrected chi connectivity index (χ0v) is 19.4. The zero-order chi connectivity index (χ0) is 23.2. The van der Waals surface area contributed by atoms with Gasteiger partial charge in [-0.25, -0.2) is 9.59 Å². The van der Waals surface area contributed by atoms with E-state index in [1.807, 2.05) is 24.3 Å². The van der Waals surface area contributed by atoms with Crippen molar-refractivity contribution in [2.75, 3.05) is 0 Å². The molecule has 0 spiro atoms. The van der Waals surface area contributed by atoms with Crippen LogP contribution in [0.2, 0.25) is 0 Å². The number of hydrogen-bond donors (Lipinski definition) is 0. The lowest BCUT2D eigenvalue weighted by Crippen LogP contribution is -2.21. The van der Waals surface area contributed by atoms with E-state index >= 15 is 0 Å². The first-order valence-electron chi connectivity index (χ1n) is 10.4. The van der Waals surface area contributed by atoms with Crippen LogP contribution in [0.5, 0.6) is 0 Å². The van der Waals surface area contributed by atoms with Gasteiger partial charge in [0, 0.05) is 6.42 Å². The molecule has 2 rings (SSSR count). The molecule has 0 aliphatic heterocycles. The third-order valence-corrected chi connectivity index (χ3v) is 4.77. The third-order valence-electron chi connectivity index (χ3n) is 4.77. The minimum atomic E-state index is -1.05. The van der Waals surface area contributed by atoms with E-state index in [4.69, 9.17) is 19.6 Å².